The zero-order chi connectivity index (χ0) is 15.9. The molecule has 0 saturated carbocycles. The Morgan fingerprint density at radius 3 is 2.76 bits per heavy atom. The first kappa shape index (κ1) is 16.9. The highest BCUT2D eigenvalue weighted by Crippen LogP contribution is 2.24. The summed E-state index contributed by atoms with van der Waals surface area (Å²) in [5.74, 6) is 0.521. The van der Waals surface area contributed by atoms with Crippen LogP contribution in [0.3, 0.4) is 0 Å². The van der Waals surface area contributed by atoms with Crippen LogP contribution >= 0.6 is 0 Å². The molecule has 0 heterocycles. The van der Waals surface area contributed by atoms with Crippen LogP contribution in [0, 0.1) is 28.4 Å². The molecule has 0 aromatic heterocycles. The maximum atomic E-state index is 10.7. The average molecular weight is 291 g/mol. The van der Waals surface area contributed by atoms with Crippen LogP contribution in [0.1, 0.15) is 31.7 Å². The Morgan fingerprint density at radius 1 is 1.52 bits per heavy atom. The van der Waals surface area contributed by atoms with Crippen LogP contribution in [0.15, 0.2) is 18.2 Å². The van der Waals surface area contributed by atoms with Crippen LogP contribution in [0.5, 0.6) is 5.75 Å². The quantitative estimate of drug-likeness (QED) is 0.452. The summed E-state index contributed by atoms with van der Waals surface area (Å²) in [6.45, 7) is 4.23. The van der Waals surface area contributed by atoms with Gasteiger partial charge in [0.05, 0.1) is 23.7 Å². The van der Waals surface area contributed by atoms with Gasteiger partial charge in [0.2, 0.25) is 0 Å². The van der Waals surface area contributed by atoms with E-state index in [-0.39, 0.29) is 5.69 Å². The van der Waals surface area contributed by atoms with E-state index in [1.807, 2.05) is 13.8 Å². The van der Waals surface area contributed by atoms with Gasteiger partial charge in [-0.3, -0.25) is 10.1 Å². The second-order valence-electron chi connectivity index (χ2n) is 4.96. The molecule has 0 aliphatic carbocycles. The summed E-state index contributed by atoms with van der Waals surface area (Å²) in [4.78, 5) is 10.3. The molecule has 0 fully saturated rings. The van der Waals surface area contributed by atoms with Crippen molar-refractivity contribution in [1.29, 1.82) is 5.26 Å². The lowest BCUT2D eigenvalue weighted by molar-refractivity contribution is -0.384. The maximum Gasteiger partial charge on any atom is 0.273 e. The molecule has 0 aliphatic heterocycles. The van der Waals surface area contributed by atoms with Gasteiger partial charge in [-0.15, -0.1) is 0 Å². The zero-order valence-corrected chi connectivity index (χ0v) is 12.7. The minimum absolute atomic E-state index is 0.0192. The predicted octanol–water partition coefficient (Wildman–Crippen LogP) is 2.95. The van der Waals surface area contributed by atoms with Gasteiger partial charge in [0.15, 0.2) is 0 Å². The number of nitro benzene ring substituents is 1. The third-order valence-corrected chi connectivity index (χ3v) is 3.68. The first-order chi connectivity index (χ1) is 9.98. The fourth-order valence-corrected chi connectivity index (χ4v) is 2.08. The van der Waals surface area contributed by atoms with Crippen LogP contribution in [0.4, 0.5) is 5.69 Å². The largest absolute Gasteiger partial charge is 0.493 e. The monoisotopic (exact) mass is 291 g/mol. The van der Waals surface area contributed by atoms with Crippen molar-refractivity contribution in [2.24, 2.45) is 0 Å². The molecule has 0 radical (unpaired) electrons. The van der Waals surface area contributed by atoms with Crippen molar-refractivity contribution in [3.05, 3.63) is 33.9 Å². The van der Waals surface area contributed by atoms with Crippen molar-refractivity contribution in [3.8, 4) is 11.8 Å². The maximum absolute atomic E-state index is 10.7. The molecule has 0 saturated heterocycles. The molecular weight excluding hydrogens is 270 g/mol. The number of nitrogens with zero attached hydrogens (tertiary/aromatic N) is 2. The lowest BCUT2D eigenvalue weighted by Gasteiger charge is -2.24. The van der Waals surface area contributed by atoms with E-state index in [1.54, 1.807) is 13.1 Å². The van der Waals surface area contributed by atoms with E-state index < -0.39 is 10.5 Å². The van der Waals surface area contributed by atoms with E-state index in [9.17, 15) is 15.4 Å². The second-order valence-corrected chi connectivity index (χ2v) is 4.96. The normalized spacial score (nSPS) is 13.2. The molecular formula is C15H21N3O3. The number of non-ortho nitro benzene ring substituents is 1. The van der Waals surface area contributed by atoms with Crippen LogP contribution in [-0.2, 0) is 0 Å². The molecule has 114 valence electrons. The van der Waals surface area contributed by atoms with Crippen LogP contribution < -0.4 is 10.1 Å². The molecule has 1 aromatic carbocycles. The third kappa shape index (κ3) is 4.43. The molecule has 6 nitrogen and oxygen atoms in total. The molecule has 1 aromatic rings. The Bertz CT molecular complexity index is 533. The zero-order valence-electron chi connectivity index (χ0n) is 12.7. The minimum atomic E-state index is -0.527. The predicted molar refractivity (Wildman–Crippen MR) is 80.3 cm³/mol. The van der Waals surface area contributed by atoms with Gasteiger partial charge in [0.25, 0.3) is 5.69 Å². The van der Waals surface area contributed by atoms with Gasteiger partial charge in [-0.1, -0.05) is 6.92 Å². The lowest BCUT2D eigenvalue weighted by atomic mass is 9.92. The Kier molecular flexibility index (Phi) is 6.12. The van der Waals surface area contributed by atoms with E-state index in [1.165, 1.54) is 12.1 Å². The molecule has 1 unspecified atom stereocenters. The number of hydrogen-bond acceptors (Lipinski definition) is 5. The van der Waals surface area contributed by atoms with Crippen molar-refractivity contribution in [2.45, 2.75) is 38.6 Å². The molecule has 0 bridgehead atoms. The summed E-state index contributed by atoms with van der Waals surface area (Å²) >= 11 is 0. The van der Waals surface area contributed by atoms with Crippen LogP contribution in [0.2, 0.25) is 0 Å². The van der Waals surface area contributed by atoms with Crippen LogP contribution in [-0.4, -0.2) is 24.1 Å². The highest BCUT2D eigenvalue weighted by Gasteiger charge is 2.24. The van der Waals surface area contributed by atoms with E-state index in [2.05, 4.69) is 11.4 Å². The second kappa shape index (κ2) is 7.60. The van der Waals surface area contributed by atoms with Gasteiger partial charge in [-0.25, -0.2) is 0 Å². The molecule has 1 rings (SSSR count). The Hall–Kier alpha value is -2.13. The lowest BCUT2D eigenvalue weighted by Crippen LogP contribution is -2.41. The topological polar surface area (TPSA) is 88.2 Å². The van der Waals surface area contributed by atoms with E-state index in [0.29, 0.717) is 25.2 Å². The van der Waals surface area contributed by atoms with E-state index in [0.717, 1.165) is 12.0 Å². The molecule has 0 amide bonds. The van der Waals surface area contributed by atoms with Gasteiger partial charge in [-0.2, -0.15) is 5.26 Å². The van der Waals surface area contributed by atoms with Gasteiger partial charge in [-0.05, 0) is 44.9 Å². The van der Waals surface area contributed by atoms with Crippen molar-refractivity contribution >= 4 is 5.69 Å². The number of benzene rings is 1. The molecule has 1 atom stereocenters. The fraction of sp³-hybridized carbons (Fsp3) is 0.533. The Morgan fingerprint density at radius 2 is 2.24 bits per heavy atom. The van der Waals surface area contributed by atoms with Gasteiger partial charge in [0.1, 0.15) is 11.3 Å². The van der Waals surface area contributed by atoms with Crippen LogP contribution in [0.25, 0.3) is 0 Å². The summed E-state index contributed by atoms with van der Waals surface area (Å²) in [5, 5.41) is 23.0. The number of nitro groups is 1. The average Bonchev–Trinajstić information content (AvgIpc) is 2.49. The molecule has 21 heavy (non-hydrogen) atoms. The fourth-order valence-electron chi connectivity index (χ4n) is 2.08. The number of aryl methyl sites for hydroxylation is 1. The number of hydrogen-bond donors (Lipinski definition) is 1. The smallest absolute Gasteiger partial charge is 0.273 e. The number of ether oxygens (including phenoxy) is 1. The van der Waals surface area contributed by atoms with Gasteiger partial charge < -0.3 is 10.1 Å². The van der Waals surface area contributed by atoms with Gasteiger partial charge in [0, 0.05) is 6.07 Å². The standard InChI is InChI=1S/C15H21N3O3/c1-4-15(11-16,17-3)8-5-9-21-14-10-13(18(19)20)7-6-12(14)2/h6-7,10,17H,4-5,8-9H2,1-3H3. The summed E-state index contributed by atoms with van der Waals surface area (Å²) in [7, 11) is 1.78. The number of nitriles is 1. The Balaban J connectivity index is 2.59. The highest BCUT2D eigenvalue weighted by atomic mass is 16.6. The summed E-state index contributed by atoms with van der Waals surface area (Å²) in [6, 6.07) is 6.86. The van der Waals surface area contributed by atoms with Crippen molar-refractivity contribution in [2.75, 3.05) is 13.7 Å². The van der Waals surface area contributed by atoms with E-state index >= 15 is 0 Å². The SMILES string of the molecule is CCC(C#N)(CCCOc1cc([N+](=O)[O-])ccc1C)NC. The third-order valence-electron chi connectivity index (χ3n) is 3.68. The van der Waals surface area contributed by atoms with Crippen molar-refractivity contribution in [1.82, 2.24) is 5.32 Å². The first-order valence-electron chi connectivity index (χ1n) is 6.96. The molecule has 1 N–H and O–H groups in total. The van der Waals surface area contributed by atoms with E-state index in [4.69, 9.17) is 4.74 Å². The summed E-state index contributed by atoms with van der Waals surface area (Å²) in [5.41, 5.74) is 0.350. The highest BCUT2D eigenvalue weighted by molar-refractivity contribution is 5.43. The molecule has 0 aliphatic rings. The van der Waals surface area contributed by atoms with Crippen molar-refractivity contribution in [3.63, 3.8) is 0 Å². The Labute approximate surface area is 124 Å². The summed E-state index contributed by atoms with van der Waals surface area (Å²) in [6.07, 6.45) is 2.09. The number of rotatable bonds is 8. The first-order valence-corrected chi connectivity index (χ1v) is 6.96. The van der Waals surface area contributed by atoms with Crippen molar-refractivity contribution < 1.29 is 9.66 Å². The number of nitrogens with one attached hydrogen (secondary N) is 1. The summed E-state index contributed by atoms with van der Waals surface area (Å²) < 4.78 is 5.61. The molecule has 0 spiro atoms. The van der Waals surface area contributed by atoms with Gasteiger partial charge >= 0.3 is 0 Å². The minimum Gasteiger partial charge on any atom is -0.493 e. The molecule has 6 heteroatoms.